The summed E-state index contributed by atoms with van der Waals surface area (Å²) in [6.45, 7) is 5.64. The molecule has 0 saturated carbocycles. The Labute approximate surface area is 87.0 Å². The van der Waals surface area contributed by atoms with Crippen molar-refractivity contribution in [3.8, 4) is 0 Å². The minimum atomic E-state index is 0.316. The van der Waals surface area contributed by atoms with Gasteiger partial charge < -0.3 is 15.5 Å². The molecule has 0 atom stereocenters. The largest absolute Gasteiger partial charge is 0.495 e. The van der Waals surface area contributed by atoms with E-state index in [-0.39, 0.29) is 0 Å². The van der Waals surface area contributed by atoms with Crippen molar-refractivity contribution < 1.29 is 4.74 Å². The van der Waals surface area contributed by atoms with Gasteiger partial charge in [0.1, 0.15) is 17.0 Å². The molecule has 78 valence electrons. The van der Waals surface area contributed by atoms with Gasteiger partial charge in [0, 0.05) is 5.69 Å². The predicted octanol–water partition coefficient (Wildman–Crippen LogP) is 1.47. The van der Waals surface area contributed by atoms with Crippen molar-refractivity contribution in [2.45, 2.75) is 6.92 Å². The average molecular weight is 204 g/mol. The fourth-order valence-corrected chi connectivity index (χ4v) is 1.38. The van der Waals surface area contributed by atoms with E-state index in [1.807, 2.05) is 13.0 Å². The lowest BCUT2D eigenvalue weighted by Gasteiger charge is -2.05. The van der Waals surface area contributed by atoms with Crippen molar-refractivity contribution in [3.63, 3.8) is 0 Å². The van der Waals surface area contributed by atoms with E-state index in [1.165, 1.54) is 7.11 Å². The van der Waals surface area contributed by atoms with Crippen LogP contribution in [0.25, 0.3) is 16.9 Å². The smallest absolute Gasteiger partial charge is 0.158 e. The number of aromatic amines is 1. The molecule has 2 aromatic rings. The molecule has 3 N–H and O–H groups in total. The summed E-state index contributed by atoms with van der Waals surface area (Å²) in [5.74, 6) is 0.733. The lowest BCUT2D eigenvalue weighted by molar-refractivity contribution is 0.370. The van der Waals surface area contributed by atoms with E-state index in [0.717, 1.165) is 11.2 Å². The van der Waals surface area contributed by atoms with Gasteiger partial charge in [-0.2, -0.15) is 0 Å². The number of hydrogen-bond donors (Lipinski definition) is 2. The molecule has 15 heavy (non-hydrogen) atoms. The molecule has 5 nitrogen and oxygen atoms in total. The summed E-state index contributed by atoms with van der Waals surface area (Å²) in [5, 5.41) is 0. The number of nitrogens with zero attached hydrogens (tertiary/aromatic N) is 2. The number of anilines is 1. The van der Waals surface area contributed by atoms with Crippen molar-refractivity contribution in [2.75, 3.05) is 12.8 Å². The third-order valence-corrected chi connectivity index (χ3v) is 2.13. The van der Waals surface area contributed by atoms with Gasteiger partial charge in [0.15, 0.2) is 11.5 Å². The quantitative estimate of drug-likeness (QED) is 0.726. The summed E-state index contributed by atoms with van der Waals surface area (Å²) < 4.78 is 4.99. The third-order valence-electron chi connectivity index (χ3n) is 2.13. The first-order chi connectivity index (χ1) is 7.11. The Morgan fingerprint density at radius 2 is 2.27 bits per heavy atom. The van der Waals surface area contributed by atoms with Crippen LogP contribution in [0.3, 0.4) is 0 Å². The third kappa shape index (κ3) is 1.52. The molecule has 0 bridgehead atoms. The van der Waals surface area contributed by atoms with Crippen molar-refractivity contribution in [2.24, 2.45) is 0 Å². The number of nitrogens with one attached hydrogen (secondary N) is 1. The fraction of sp³-hybridized carbons (Fsp3) is 0.200. The second-order valence-electron chi connectivity index (χ2n) is 3.27. The maximum Gasteiger partial charge on any atom is 0.158 e. The molecule has 5 heteroatoms. The maximum atomic E-state index is 5.74. The van der Waals surface area contributed by atoms with Gasteiger partial charge in [0.25, 0.3) is 0 Å². The highest BCUT2D eigenvalue weighted by molar-refractivity contribution is 5.77. The van der Waals surface area contributed by atoms with Crippen molar-refractivity contribution in [3.05, 3.63) is 24.0 Å². The Morgan fingerprint density at radius 1 is 1.53 bits per heavy atom. The molecule has 2 rings (SSSR count). The minimum Gasteiger partial charge on any atom is -0.495 e. The van der Waals surface area contributed by atoms with Gasteiger partial charge in [-0.1, -0.05) is 6.58 Å². The van der Waals surface area contributed by atoms with Crippen LogP contribution in [-0.2, 0) is 4.74 Å². The molecule has 0 aliphatic heterocycles. The number of aryl methyl sites for hydroxylation is 1. The molecule has 0 radical (unpaired) electrons. The first-order valence-corrected chi connectivity index (χ1v) is 4.48. The zero-order valence-corrected chi connectivity index (χ0v) is 8.66. The fourth-order valence-electron chi connectivity index (χ4n) is 1.38. The molecule has 0 spiro atoms. The lowest BCUT2D eigenvalue weighted by Crippen LogP contribution is -2.01. The zero-order valence-electron chi connectivity index (χ0n) is 8.66. The number of ether oxygens (including phenoxy) is 1. The summed E-state index contributed by atoms with van der Waals surface area (Å²) in [6.07, 6.45) is 0. The van der Waals surface area contributed by atoms with Gasteiger partial charge in [-0.05, 0) is 13.0 Å². The van der Waals surface area contributed by atoms with Crippen molar-refractivity contribution in [1.82, 2.24) is 15.0 Å². The maximum absolute atomic E-state index is 5.74. The van der Waals surface area contributed by atoms with Crippen LogP contribution in [0.15, 0.2) is 12.6 Å². The van der Waals surface area contributed by atoms with Crippen LogP contribution < -0.4 is 5.73 Å². The number of aromatic nitrogens is 3. The van der Waals surface area contributed by atoms with Gasteiger partial charge in [0.2, 0.25) is 0 Å². The van der Waals surface area contributed by atoms with Crippen LogP contribution in [0.1, 0.15) is 11.4 Å². The normalized spacial score (nSPS) is 10.5. The molecule has 0 fully saturated rings. The highest BCUT2D eigenvalue weighted by Crippen LogP contribution is 2.20. The highest BCUT2D eigenvalue weighted by Gasteiger charge is 2.10. The molecule has 2 heterocycles. The first kappa shape index (κ1) is 9.51. The van der Waals surface area contributed by atoms with Crippen LogP contribution in [0.5, 0.6) is 0 Å². The summed E-state index contributed by atoms with van der Waals surface area (Å²) in [6, 6.07) is 1.90. The monoisotopic (exact) mass is 204 g/mol. The van der Waals surface area contributed by atoms with Crippen LogP contribution in [0, 0.1) is 6.92 Å². The van der Waals surface area contributed by atoms with Gasteiger partial charge >= 0.3 is 0 Å². The molecule has 0 aliphatic rings. The van der Waals surface area contributed by atoms with Gasteiger partial charge in [-0.15, -0.1) is 0 Å². The molecular formula is C10H12N4O. The first-order valence-electron chi connectivity index (χ1n) is 4.48. The van der Waals surface area contributed by atoms with E-state index in [4.69, 9.17) is 10.5 Å². The molecule has 0 amide bonds. The summed E-state index contributed by atoms with van der Waals surface area (Å²) in [7, 11) is 1.52. The Balaban J connectivity index is 2.66. The summed E-state index contributed by atoms with van der Waals surface area (Å²) >= 11 is 0. The number of hydrogen-bond acceptors (Lipinski definition) is 4. The zero-order chi connectivity index (χ0) is 11.0. The second kappa shape index (κ2) is 3.27. The van der Waals surface area contributed by atoms with Gasteiger partial charge in [0.05, 0.1) is 7.11 Å². The Bertz CT molecular complexity index is 529. The summed E-state index contributed by atoms with van der Waals surface area (Å²) in [5.41, 5.74) is 8.66. The van der Waals surface area contributed by atoms with E-state index in [9.17, 15) is 0 Å². The Morgan fingerprint density at radius 3 is 2.93 bits per heavy atom. The van der Waals surface area contributed by atoms with Crippen LogP contribution in [-0.4, -0.2) is 22.1 Å². The second-order valence-corrected chi connectivity index (χ2v) is 3.27. The standard InChI is InChI=1S/C10H12N4O/c1-5-4-7-10(12-5)14-9(11)8(13-7)6(2)15-3/h4H,2H2,1,3H3,(H3,11,12,14). The van der Waals surface area contributed by atoms with Gasteiger partial charge in [-0.3, -0.25) is 0 Å². The Kier molecular flexibility index (Phi) is 2.07. The summed E-state index contributed by atoms with van der Waals surface area (Å²) in [4.78, 5) is 11.6. The van der Waals surface area contributed by atoms with E-state index in [1.54, 1.807) is 0 Å². The van der Waals surface area contributed by atoms with E-state index in [2.05, 4.69) is 21.5 Å². The van der Waals surface area contributed by atoms with Crippen LogP contribution in [0.2, 0.25) is 0 Å². The number of nitrogens with two attached hydrogens (primary N) is 1. The number of nitrogen functional groups attached to an aromatic ring is 1. The molecule has 0 aromatic carbocycles. The molecule has 0 unspecified atom stereocenters. The molecule has 0 aliphatic carbocycles. The van der Waals surface area contributed by atoms with E-state index < -0.39 is 0 Å². The molecular weight excluding hydrogens is 192 g/mol. The number of rotatable bonds is 2. The van der Waals surface area contributed by atoms with E-state index in [0.29, 0.717) is 22.9 Å². The Hall–Kier alpha value is -2.04. The van der Waals surface area contributed by atoms with Crippen molar-refractivity contribution in [1.29, 1.82) is 0 Å². The van der Waals surface area contributed by atoms with Gasteiger partial charge in [-0.25, -0.2) is 9.97 Å². The van der Waals surface area contributed by atoms with Crippen LogP contribution >= 0.6 is 0 Å². The van der Waals surface area contributed by atoms with E-state index >= 15 is 0 Å². The number of methoxy groups -OCH3 is 1. The minimum absolute atomic E-state index is 0.316. The predicted molar refractivity (Wildman–Crippen MR) is 59.1 cm³/mol. The number of fused-ring (bicyclic) bond motifs is 1. The topological polar surface area (TPSA) is 76.8 Å². The highest BCUT2D eigenvalue weighted by atomic mass is 16.5. The lowest BCUT2D eigenvalue weighted by atomic mass is 10.3. The van der Waals surface area contributed by atoms with Crippen molar-refractivity contribution >= 4 is 22.7 Å². The molecule has 2 aromatic heterocycles. The molecule has 0 saturated heterocycles. The SMILES string of the molecule is C=C(OC)c1nc2cc(C)[nH]c2nc1N. The van der Waals surface area contributed by atoms with Crippen LogP contribution in [0.4, 0.5) is 5.82 Å². The average Bonchev–Trinajstić information content (AvgIpc) is 2.55. The number of H-pyrrole nitrogens is 1.